The van der Waals surface area contributed by atoms with Gasteiger partial charge in [-0.2, -0.15) is 10.2 Å². The molecule has 2 rings (SSSR count). The van der Waals surface area contributed by atoms with Crippen molar-refractivity contribution in [1.29, 1.82) is 0 Å². The number of nitrogens with one attached hydrogen (secondary N) is 1. The molecule has 1 N–H and O–H groups in total. The van der Waals surface area contributed by atoms with Gasteiger partial charge in [0.05, 0.1) is 11.4 Å². The first-order valence-electron chi connectivity index (χ1n) is 7.81. The minimum absolute atomic E-state index is 0.851. The van der Waals surface area contributed by atoms with Gasteiger partial charge in [-0.05, 0) is 39.8 Å². The third-order valence-corrected chi connectivity index (χ3v) is 3.87. The molecular weight excluding hydrogens is 276 g/mol. The Kier molecular flexibility index (Phi) is 5.24. The van der Waals surface area contributed by atoms with Gasteiger partial charge in [-0.25, -0.2) is 0 Å². The van der Waals surface area contributed by atoms with Crippen LogP contribution in [0.25, 0.3) is 0 Å². The standard InChI is InChI=1S/C16H28N6/c1-12-10-13(2)22(18-12)9-7-8-17-11-15-14(3)19-21(6)16(15)20(4)5/h10,17H,7-9,11H2,1-6H3. The van der Waals surface area contributed by atoms with Gasteiger partial charge in [0.25, 0.3) is 0 Å². The second-order valence-electron chi connectivity index (χ2n) is 6.09. The van der Waals surface area contributed by atoms with Gasteiger partial charge in [0.2, 0.25) is 0 Å². The van der Waals surface area contributed by atoms with Crippen LogP contribution in [0.3, 0.4) is 0 Å². The van der Waals surface area contributed by atoms with E-state index < -0.39 is 0 Å². The zero-order valence-electron chi connectivity index (χ0n) is 14.6. The third kappa shape index (κ3) is 3.68. The van der Waals surface area contributed by atoms with Crippen molar-refractivity contribution >= 4 is 5.82 Å². The highest BCUT2D eigenvalue weighted by Crippen LogP contribution is 2.20. The van der Waals surface area contributed by atoms with E-state index in [1.54, 1.807) is 0 Å². The molecule has 22 heavy (non-hydrogen) atoms. The molecule has 0 fully saturated rings. The Morgan fingerprint density at radius 2 is 1.91 bits per heavy atom. The zero-order valence-corrected chi connectivity index (χ0v) is 14.6. The molecule has 0 amide bonds. The quantitative estimate of drug-likeness (QED) is 0.792. The topological polar surface area (TPSA) is 50.9 Å². The van der Waals surface area contributed by atoms with Gasteiger partial charge >= 0.3 is 0 Å². The summed E-state index contributed by atoms with van der Waals surface area (Å²) in [4.78, 5) is 2.12. The van der Waals surface area contributed by atoms with Crippen LogP contribution in [0.1, 0.15) is 29.1 Å². The fourth-order valence-electron chi connectivity index (χ4n) is 2.92. The van der Waals surface area contributed by atoms with Gasteiger partial charge in [0, 0.05) is 45.5 Å². The first-order valence-corrected chi connectivity index (χ1v) is 7.81. The van der Waals surface area contributed by atoms with E-state index in [2.05, 4.69) is 59.1 Å². The summed E-state index contributed by atoms with van der Waals surface area (Å²) in [7, 11) is 6.11. The average molecular weight is 304 g/mol. The molecule has 0 unspecified atom stereocenters. The van der Waals surface area contributed by atoms with Crippen LogP contribution in [0.4, 0.5) is 5.82 Å². The average Bonchev–Trinajstić information content (AvgIpc) is 2.88. The molecule has 0 aliphatic carbocycles. The summed E-state index contributed by atoms with van der Waals surface area (Å²) in [5, 5.41) is 12.5. The van der Waals surface area contributed by atoms with Crippen molar-refractivity contribution in [3.63, 3.8) is 0 Å². The number of aryl methyl sites for hydroxylation is 5. The van der Waals surface area contributed by atoms with Crippen molar-refractivity contribution in [3.05, 3.63) is 28.7 Å². The molecule has 0 aliphatic rings. The lowest BCUT2D eigenvalue weighted by molar-refractivity contribution is 0.531. The maximum absolute atomic E-state index is 4.51. The summed E-state index contributed by atoms with van der Waals surface area (Å²) in [6.45, 7) is 8.99. The lowest BCUT2D eigenvalue weighted by atomic mass is 10.2. The van der Waals surface area contributed by atoms with Crippen LogP contribution in [-0.2, 0) is 20.1 Å². The Balaban J connectivity index is 1.83. The largest absolute Gasteiger partial charge is 0.363 e. The molecule has 0 atom stereocenters. The van der Waals surface area contributed by atoms with Crippen molar-refractivity contribution in [2.24, 2.45) is 7.05 Å². The summed E-state index contributed by atoms with van der Waals surface area (Å²) in [5.41, 5.74) is 4.69. The van der Waals surface area contributed by atoms with Crippen LogP contribution in [0, 0.1) is 20.8 Å². The molecule has 2 aromatic rings. The molecule has 0 bridgehead atoms. The van der Waals surface area contributed by atoms with Gasteiger partial charge in [0.1, 0.15) is 5.82 Å². The van der Waals surface area contributed by atoms with Crippen LogP contribution in [-0.4, -0.2) is 40.2 Å². The molecule has 122 valence electrons. The normalized spacial score (nSPS) is 11.2. The Hall–Kier alpha value is -1.82. The van der Waals surface area contributed by atoms with Crippen molar-refractivity contribution in [2.45, 2.75) is 40.3 Å². The molecule has 0 aliphatic heterocycles. The third-order valence-electron chi connectivity index (χ3n) is 3.87. The Morgan fingerprint density at radius 3 is 2.50 bits per heavy atom. The fourth-order valence-corrected chi connectivity index (χ4v) is 2.92. The lowest BCUT2D eigenvalue weighted by Crippen LogP contribution is -2.20. The SMILES string of the molecule is Cc1cc(C)n(CCCNCc2c(C)nn(C)c2N(C)C)n1. The summed E-state index contributed by atoms with van der Waals surface area (Å²) >= 11 is 0. The molecule has 0 saturated carbocycles. The van der Waals surface area contributed by atoms with Crippen molar-refractivity contribution < 1.29 is 0 Å². The number of anilines is 1. The lowest BCUT2D eigenvalue weighted by Gasteiger charge is -2.15. The minimum Gasteiger partial charge on any atom is -0.363 e. The van der Waals surface area contributed by atoms with Crippen molar-refractivity contribution in [1.82, 2.24) is 24.9 Å². The van der Waals surface area contributed by atoms with E-state index in [9.17, 15) is 0 Å². The zero-order chi connectivity index (χ0) is 16.3. The second-order valence-corrected chi connectivity index (χ2v) is 6.09. The summed E-state index contributed by atoms with van der Waals surface area (Å²) in [5.74, 6) is 1.17. The van der Waals surface area contributed by atoms with Crippen LogP contribution >= 0.6 is 0 Å². The Morgan fingerprint density at radius 1 is 1.18 bits per heavy atom. The molecular formula is C16H28N6. The van der Waals surface area contributed by atoms with Crippen molar-refractivity contribution in [3.8, 4) is 0 Å². The molecule has 6 nitrogen and oxygen atoms in total. The predicted molar refractivity (Wildman–Crippen MR) is 90.3 cm³/mol. The summed E-state index contributed by atoms with van der Waals surface area (Å²) < 4.78 is 4.03. The highest BCUT2D eigenvalue weighted by Gasteiger charge is 2.14. The number of aromatic nitrogens is 4. The van der Waals surface area contributed by atoms with E-state index in [1.165, 1.54) is 17.1 Å². The van der Waals surface area contributed by atoms with Crippen LogP contribution < -0.4 is 10.2 Å². The van der Waals surface area contributed by atoms with Gasteiger partial charge in [-0.15, -0.1) is 0 Å². The second kappa shape index (κ2) is 6.96. The number of hydrogen-bond donors (Lipinski definition) is 1. The maximum atomic E-state index is 4.51. The highest BCUT2D eigenvalue weighted by atomic mass is 15.4. The van der Waals surface area contributed by atoms with E-state index in [4.69, 9.17) is 0 Å². The molecule has 0 saturated heterocycles. The molecule has 0 aromatic carbocycles. The minimum atomic E-state index is 0.851. The molecule has 2 aromatic heterocycles. The Labute approximate surface area is 133 Å². The summed E-state index contributed by atoms with van der Waals surface area (Å²) in [6.07, 6.45) is 1.07. The molecule has 2 heterocycles. The first kappa shape index (κ1) is 16.5. The summed E-state index contributed by atoms with van der Waals surface area (Å²) in [6, 6.07) is 2.12. The maximum Gasteiger partial charge on any atom is 0.130 e. The van der Waals surface area contributed by atoms with Gasteiger partial charge < -0.3 is 10.2 Å². The van der Waals surface area contributed by atoms with E-state index in [0.717, 1.165) is 37.4 Å². The first-order chi connectivity index (χ1) is 10.4. The Bertz CT molecular complexity index is 623. The number of nitrogens with zero attached hydrogens (tertiary/aromatic N) is 5. The van der Waals surface area contributed by atoms with Crippen molar-refractivity contribution in [2.75, 3.05) is 25.5 Å². The van der Waals surface area contributed by atoms with Gasteiger partial charge in [0.15, 0.2) is 0 Å². The monoisotopic (exact) mass is 304 g/mol. The van der Waals surface area contributed by atoms with Crippen LogP contribution in [0.2, 0.25) is 0 Å². The molecule has 6 heteroatoms. The predicted octanol–water partition coefficient (Wildman–Crippen LogP) is 1.79. The molecule has 0 radical (unpaired) electrons. The van der Waals surface area contributed by atoms with E-state index in [-0.39, 0.29) is 0 Å². The smallest absolute Gasteiger partial charge is 0.130 e. The number of hydrogen-bond acceptors (Lipinski definition) is 4. The highest BCUT2D eigenvalue weighted by molar-refractivity contribution is 5.48. The van der Waals surface area contributed by atoms with E-state index >= 15 is 0 Å². The van der Waals surface area contributed by atoms with E-state index in [1.807, 2.05) is 18.7 Å². The van der Waals surface area contributed by atoms with Crippen LogP contribution in [0.5, 0.6) is 0 Å². The number of rotatable bonds is 7. The van der Waals surface area contributed by atoms with Gasteiger partial charge in [-0.3, -0.25) is 9.36 Å². The molecule has 0 spiro atoms. The fraction of sp³-hybridized carbons (Fsp3) is 0.625. The van der Waals surface area contributed by atoms with Crippen LogP contribution in [0.15, 0.2) is 6.07 Å². The van der Waals surface area contributed by atoms with Gasteiger partial charge in [-0.1, -0.05) is 0 Å². The van der Waals surface area contributed by atoms with E-state index in [0.29, 0.717) is 0 Å².